The molecule has 0 amide bonds. The molecule has 4 nitrogen and oxygen atoms in total. The van der Waals surface area contributed by atoms with Crippen LogP contribution in [0.25, 0.3) is 98.7 Å². The zero-order valence-corrected chi connectivity index (χ0v) is 24.7. The van der Waals surface area contributed by atoms with Gasteiger partial charge in [-0.15, -0.1) is 0 Å². The van der Waals surface area contributed by atoms with Crippen LogP contribution in [0, 0.1) is 0 Å². The predicted octanol–water partition coefficient (Wildman–Crippen LogP) is 11.4. The Labute approximate surface area is 262 Å². The Morgan fingerprint density at radius 3 is 1.83 bits per heavy atom. The topological polar surface area (TPSA) is 38.8 Å². The average molecular weight is 588 g/mol. The van der Waals surface area contributed by atoms with Gasteiger partial charge in [0.05, 0.1) is 38.4 Å². The quantitative estimate of drug-likeness (QED) is 0.215. The van der Waals surface area contributed by atoms with Crippen molar-refractivity contribution in [2.45, 2.75) is 0 Å². The third-order valence-electron chi connectivity index (χ3n) is 9.84. The third-order valence-corrected chi connectivity index (χ3v) is 9.84. The van der Waals surface area contributed by atoms with Gasteiger partial charge in [-0.2, -0.15) is 0 Å². The molecule has 0 saturated heterocycles. The number of rotatable bonds is 2. The van der Waals surface area contributed by atoms with E-state index in [1.165, 1.54) is 32.6 Å². The van der Waals surface area contributed by atoms with Gasteiger partial charge >= 0.3 is 0 Å². The molecule has 0 spiro atoms. The lowest BCUT2D eigenvalue weighted by molar-refractivity contribution is 0.677. The lowest BCUT2D eigenvalue weighted by Gasteiger charge is -2.10. The number of aromatic nitrogens is 3. The van der Waals surface area contributed by atoms with E-state index in [4.69, 9.17) is 4.42 Å². The van der Waals surface area contributed by atoms with Gasteiger partial charge in [-0.05, 0) is 72.8 Å². The standard InChI is InChI=1S/C42H25N3O/c1-2-10-25(11-3-1)44-35-16-8-5-12-27(35)32-24-26(18-22-37(32)44)45-36-17-9-6-14-31(36)40-38(45)23-20-29-28-19-21-34-39(41(28)46-42(29)40)30-13-4-7-15-33(30)43-34/h1-24,43H. The van der Waals surface area contributed by atoms with Crippen molar-refractivity contribution in [1.29, 1.82) is 0 Å². The predicted molar refractivity (Wildman–Crippen MR) is 192 cm³/mol. The number of H-pyrrole nitrogens is 1. The molecule has 4 aromatic heterocycles. The molecule has 7 aromatic carbocycles. The van der Waals surface area contributed by atoms with E-state index < -0.39 is 0 Å². The molecule has 4 heterocycles. The summed E-state index contributed by atoms with van der Waals surface area (Å²) in [6, 6.07) is 52.2. The van der Waals surface area contributed by atoms with E-state index >= 15 is 0 Å². The number of hydrogen-bond acceptors (Lipinski definition) is 1. The van der Waals surface area contributed by atoms with Crippen molar-refractivity contribution in [2.75, 3.05) is 0 Å². The summed E-state index contributed by atoms with van der Waals surface area (Å²) in [4.78, 5) is 3.58. The Morgan fingerprint density at radius 2 is 0.978 bits per heavy atom. The maximum atomic E-state index is 6.95. The van der Waals surface area contributed by atoms with Crippen LogP contribution >= 0.6 is 0 Å². The van der Waals surface area contributed by atoms with Crippen LogP contribution in [0.4, 0.5) is 0 Å². The van der Waals surface area contributed by atoms with Crippen LogP contribution in [-0.2, 0) is 0 Å². The molecule has 0 aliphatic rings. The van der Waals surface area contributed by atoms with Gasteiger partial charge in [0.1, 0.15) is 11.2 Å². The summed E-state index contributed by atoms with van der Waals surface area (Å²) >= 11 is 0. The minimum Gasteiger partial charge on any atom is -0.455 e. The molecule has 0 aliphatic heterocycles. The van der Waals surface area contributed by atoms with Gasteiger partial charge in [0.2, 0.25) is 0 Å². The first kappa shape index (κ1) is 24.1. The van der Waals surface area contributed by atoms with Gasteiger partial charge in [-0.1, -0.05) is 72.8 Å². The number of hydrogen-bond donors (Lipinski definition) is 1. The van der Waals surface area contributed by atoms with Crippen LogP contribution < -0.4 is 0 Å². The summed E-state index contributed by atoms with van der Waals surface area (Å²) in [6.45, 7) is 0. The van der Waals surface area contributed by atoms with E-state index in [1.54, 1.807) is 0 Å². The highest BCUT2D eigenvalue weighted by atomic mass is 16.3. The number of benzene rings is 7. The summed E-state index contributed by atoms with van der Waals surface area (Å²) in [5, 5.41) is 9.40. The molecule has 0 atom stereocenters. The number of para-hydroxylation sites is 4. The van der Waals surface area contributed by atoms with E-state index in [9.17, 15) is 0 Å². The Morgan fingerprint density at radius 1 is 0.370 bits per heavy atom. The number of nitrogens with one attached hydrogen (secondary N) is 1. The van der Waals surface area contributed by atoms with E-state index in [0.717, 1.165) is 66.2 Å². The first-order valence-electron chi connectivity index (χ1n) is 15.7. The second-order valence-corrected chi connectivity index (χ2v) is 12.2. The van der Waals surface area contributed by atoms with E-state index in [2.05, 4.69) is 160 Å². The fourth-order valence-corrected chi connectivity index (χ4v) is 7.91. The largest absolute Gasteiger partial charge is 0.455 e. The zero-order valence-electron chi connectivity index (χ0n) is 24.7. The molecule has 0 unspecified atom stereocenters. The van der Waals surface area contributed by atoms with Gasteiger partial charge in [0.25, 0.3) is 0 Å². The molecule has 4 heteroatoms. The van der Waals surface area contributed by atoms with Crippen molar-refractivity contribution >= 4 is 87.4 Å². The minimum atomic E-state index is 0.932. The maximum Gasteiger partial charge on any atom is 0.145 e. The zero-order chi connectivity index (χ0) is 29.9. The smallest absolute Gasteiger partial charge is 0.145 e. The molecule has 0 bridgehead atoms. The van der Waals surface area contributed by atoms with Crippen LogP contribution in [-0.4, -0.2) is 14.1 Å². The summed E-state index contributed by atoms with van der Waals surface area (Å²) in [6.07, 6.45) is 0. The molecule has 11 aromatic rings. The molecule has 0 radical (unpaired) electrons. The second kappa shape index (κ2) is 8.68. The molecule has 11 rings (SSSR count). The highest BCUT2D eigenvalue weighted by Crippen LogP contribution is 2.44. The van der Waals surface area contributed by atoms with Gasteiger partial charge < -0.3 is 18.5 Å². The van der Waals surface area contributed by atoms with Gasteiger partial charge in [0.15, 0.2) is 0 Å². The van der Waals surface area contributed by atoms with E-state index in [0.29, 0.717) is 0 Å². The van der Waals surface area contributed by atoms with Crippen molar-refractivity contribution in [3.63, 3.8) is 0 Å². The van der Waals surface area contributed by atoms with Crippen molar-refractivity contribution < 1.29 is 4.42 Å². The molecule has 214 valence electrons. The number of fused-ring (bicyclic) bond motifs is 14. The number of aromatic amines is 1. The van der Waals surface area contributed by atoms with Gasteiger partial charge in [-0.3, -0.25) is 0 Å². The Balaban J connectivity index is 1.23. The SMILES string of the molecule is c1ccc(-n2c3ccccc3c3cc(-n4c5ccccc5c5c6oc7c(ccc8[nH]c9ccccc9c87)c6ccc54)ccc32)cc1. The van der Waals surface area contributed by atoms with Crippen LogP contribution in [0.5, 0.6) is 0 Å². The molecular formula is C42H25N3O. The van der Waals surface area contributed by atoms with Crippen molar-refractivity contribution in [3.8, 4) is 11.4 Å². The fraction of sp³-hybridized carbons (Fsp3) is 0. The van der Waals surface area contributed by atoms with Crippen LogP contribution in [0.3, 0.4) is 0 Å². The summed E-state index contributed by atoms with van der Waals surface area (Å²) in [5.41, 5.74) is 11.1. The van der Waals surface area contributed by atoms with Crippen molar-refractivity contribution in [1.82, 2.24) is 14.1 Å². The first-order valence-corrected chi connectivity index (χ1v) is 15.7. The normalized spacial score (nSPS) is 12.3. The van der Waals surface area contributed by atoms with Crippen LogP contribution in [0.1, 0.15) is 0 Å². The first-order chi connectivity index (χ1) is 22.8. The number of furan rings is 1. The molecule has 1 N–H and O–H groups in total. The maximum absolute atomic E-state index is 6.95. The van der Waals surface area contributed by atoms with Crippen molar-refractivity contribution in [3.05, 3.63) is 146 Å². The molecule has 46 heavy (non-hydrogen) atoms. The highest BCUT2D eigenvalue weighted by molar-refractivity contribution is 6.28. The van der Waals surface area contributed by atoms with Crippen molar-refractivity contribution in [2.24, 2.45) is 0 Å². The Kier molecular flexibility index (Phi) is 4.55. The fourth-order valence-electron chi connectivity index (χ4n) is 7.91. The minimum absolute atomic E-state index is 0.932. The second-order valence-electron chi connectivity index (χ2n) is 12.2. The Bertz CT molecular complexity index is 3020. The average Bonchev–Trinajstić information content (AvgIpc) is 3.85. The lowest BCUT2D eigenvalue weighted by Crippen LogP contribution is -1.95. The van der Waals surface area contributed by atoms with Crippen LogP contribution in [0.2, 0.25) is 0 Å². The lowest BCUT2D eigenvalue weighted by atomic mass is 10.1. The van der Waals surface area contributed by atoms with Gasteiger partial charge in [-0.25, -0.2) is 0 Å². The molecule has 0 fully saturated rings. The van der Waals surface area contributed by atoms with Crippen LogP contribution in [0.15, 0.2) is 150 Å². The van der Waals surface area contributed by atoms with E-state index in [-0.39, 0.29) is 0 Å². The summed E-state index contributed by atoms with van der Waals surface area (Å²) in [5.74, 6) is 0. The monoisotopic (exact) mass is 587 g/mol. The molecule has 0 saturated carbocycles. The molecular weight excluding hydrogens is 562 g/mol. The van der Waals surface area contributed by atoms with E-state index in [1.807, 2.05) is 0 Å². The van der Waals surface area contributed by atoms with Gasteiger partial charge in [0, 0.05) is 49.2 Å². The number of nitrogens with zero attached hydrogens (tertiary/aromatic N) is 2. The molecule has 0 aliphatic carbocycles. The summed E-state index contributed by atoms with van der Waals surface area (Å²) < 4.78 is 11.7. The third kappa shape index (κ3) is 3.03. The Hall–Kier alpha value is -6.26. The summed E-state index contributed by atoms with van der Waals surface area (Å²) in [7, 11) is 0. The highest BCUT2D eigenvalue weighted by Gasteiger charge is 2.21.